The molecule has 1 rings (SSSR count). The summed E-state index contributed by atoms with van der Waals surface area (Å²) in [7, 11) is 0.498. The Hall–Kier alpha value is -1.89. The highest BCUT2D eigenvalue weighted by molar-refractivity contribution is 6.86. The predicted octanol–water partition coefficient (Wildman–Crippen LogP) is 0.206. The van der Waals surface area contributed by atoms with E-state index in [0.29, 0.717) is 0 Å². The maximum Gasteiger partial charge on any atom is 0.656 e. The summed E-state index contributed by atoms with van der Waals surface area (Å²) in [6.07, 6.45) is 4.59. The lowest BCUT2D eigenvalue weighted by molar-refractivity contribution is -0.145. The Kier molecular flexibility index (Phi) is 5.32. The zero-order valence-electron chi connectivity index (χ0n) is 10.5. The van der Waals surface area contributed by atoms with Crippen LogP contribution in [-0.2, 0) is 18.9 Å². The second-order valence-corrected chi connectivity index (χ2v) is 3.72. The third-order valence-electron chi connectivity index (χ3n) is 2.10. The van der Waals surface area contributed by atoms with Crippen LogP contribution >= 0.6 is 0 Å². The fourth-order valence-electron chi connectivity index (χ4n) is 1.33. The summed E-state index contributed by atoms with van der Waals surface area (Å²) in [5.74, 6) is -0.963. The third kappa shape index (κ3) is 4.17. The number of allylic oxidation sites excluding steroid dienone is 2. The molecule has 0 aromatic carbocycles. The smallest absolute Gasteiger partial charge is 0.493 e. The molecule has 0 N–H and O–H groups in total. The Morgan fingerprint density at radius 1 is 1.39 bits per heavy atom. The highest BCUT2D eigenvalue weighted by atomic mass is 16.6. The number of hydrogen-bond acceptors (Lipinski definition) is 6. The molecule has 1 heterocycles. The molecule has 0 saturated carbocycles. The third-order valence-corrected chi connectivity index (χ3v) is 2.10. The van der Waals surface area contributed by atoms with Crippen molar-refractivity contribution in [1.82, 2.24) is 4.90 Å². The number of nitrogens with zero attached hydrogens (tertiary/aromatic N) is 2. The van der Waals surface area contributed by atoms with Crippen molar-refractivity contribution in [2.75, 3.05) is 20.1 Å². The van der Waals surface area contributed by atoms with Crippen molar-refractivity contribution in [3.63, 3.8) is 0 Å². The van der Waals surface area contributed by atoms with Crippen molar-refractivity contribution >= 4 is 24.7 Å². The van der Waals surface area contributed by atoms with Gasteiger partial charge in [0.25, 0.3) is 0 Å². The van der Waals surface area contributed by atoms with E-state index in [1.807, 2.05) is 0 Å². The van der Waals surface area contributed by atoms with Gasteiger partial charge in [-0.25, -0.2) is 0 Å². The lowest BCUT2D eigenvalue weighted by Gasteiger charge is -2.22. The van der Waals surface area contributed by atoms with Crippen molar-refractivity contribution in [3.05, 3.63) is 24.9 Å². The molecule has 18 heavy (non-hydrogen) atoms. The van der Waals surface area contributed by atoms with E-state index in [2.05, 4.69) is 11.6 Å². The standard InChI is InChI=1S/C11H15BN2O4/c1-4-6-13-9(5-2)12-17-10(15)7-14(3)8-11(16)18-12/h4-6H,2,7-8H2,1,3H3/b6-4-,13-9?. The second kappa shape index (κ2) is 6.75. The van der Waals surface area contributed by atoms with Gasteiger partial charge in [0.05, 0.1) is 13.1 Å². The Balaban J connectivity index is 2.88. The van der Waals surface area contributed by atoms with Crippen LogP contribution in [0.4, 0.5) is 0 Å². The molecule has 0 amide bonds. The van der Waals surface area contributed by atoms with Crippen LogP contribution in [0.25, 0.3) is 0 Å². The minimum atomic E-state index is -1.13. The molecule has 0 aromatic rings. The van der Waals surface area contributed by atoms with Gasteiger partial charge in [-0.3, -0.25) is 19.5 Å². The number of aliphatic imine (C=N–C) groups is 1. The van der Waals surface area contributed by atoms with Crippen LogP contribution < -0.4 is 0 Å². The monoisotopic (exact) mass is 250 g/mol. The second-order valence-electron chi connectivity index (χ2n) is 3.72. The number of hydrogen-bond donors (Lipinski definition) is 0. The van der Waals surface area contributed by atoms with Crippen LogP contribution in [0, 0.1) is 0 Å². The molecule has 1 aliphatic heterocycles. The van der Waals surface area contributed by atoms with Crippen LogP contribution in [0.2, 0.25) is 0 Å². The van der Waals surface area contributed by atoms with E-state index in [-0.39, 0.29) is 18.7 Å². The van der Waals surface area contributed by atoms with Crippen molar-refractivity contribution in [2.24, 2.45) is 4.99 Å². The van der Waals surface area contributed by atoms with Crippen molar-refractivity contribution in [1.29, 1.82) is 0 Å². The van der Waals surface area contributed by atoms with E-state index in [1.54, 1.807) is 20.0 Å². The molecule has 1 saturated heterocycles. The van der Waals surface area contributed by atoms with Crippen molar-refractivity contribution in [2.45, 2.75) is 6.92 Å². The average molecular weight is 250 g/mol. The van der Waals surface area contributed by atoms with E-state index in [0.717, 1.165) is 0 Å². The fourth-order valence-corrected chi connectivity index (χ4v) is 1.33. The van der Waals surface area contributed by atoms with E-state index in [9.17, 15) is 9.59 Å². The van der Waals surface area contributed by atoms with Gasteiger partial charge in [-0.05, 0) is 20.0 Å². The number of likely N-dealkylation sites (N-methyl/N-ethyl adjacent to an activating group) is 1. The maximum absolute atomic E-state index is 11.5. The summed E-state index contributed by atoms with van der Waals surface area (Å²) in [6.45, 7) is 5.39. The van der Waals surface area contributed by atoms with Crippen LogP contribution in [0.5, 0.6) is 0 Å². The summed E-state index contributed by atoms with van der Waals surface area (Å²) < 4.78 is 10.0. The van der Waals surface area contributed by atoms with Crippen LogP contribution in [0.1, 0.15) is 6.92 Å². The molecule has 7 heteroatoms. The zero-order chi connectivity index (χ0) is 13.5. The van der Waals surface area contributed by atoms with Gasteiger partial charge in [0.1, 0.15) is 5.61 Å². The molecule has 1 fully saturated rings. The molecular formula is C11H15BN2O4. The van der Waals surface area contributed by atoms with Gasteiger partial charge in [-0.2, -0.15) is 0 Å². The van der Waals surface area contributed by atoms with Gasteiger partial charge in [0.2, 0.25) is 0 Å². The van der Waals surface area contributed by atoms with Gasteiger partial charge in [-0.15, -0.1) is 0 Å². The quantitative estimate of drug-likeness (QED) is 0.529. The Labute approximate surface area is 106 Å². The van der Waals surface area contributed by atoms with Crippen molar-refractivity contribution in [3.8, 4) is 0 Å². The summed E-state index contributed by atoms with van der Waals surface area (Å²) >= 11 is 0. The van der Waals surface area contributed by atoms with E-state index < -0.39 is 19.1 Å². The number of carbonyl (C=O) groups excluding carboxylic acids is 2. The van der Waals surface area contributed by atoms with E-state index in [4.69, 9.17) is 9.31 Å². The zero-order valence-corrected chi connectivity index (χ0v) is 10.5. The molecule has 1 aliphatic rings. The van der Waals surface area contributed by atoms with E-state index in [1.165, 1.54) is 17.2 Å². The SMILES string of the molecule is C=CC(=N/C=C\C)B1OC(=O)CN(C)CC(=O)O1. The first kappa shape index (κ1) is 14.2. The predicted molar refractivity (Wildman–Crippen MR) is 67.9 cm³/mol. The minimum absolute atomic E-state index is 0.0274. The summed E-state index contributed by atoms with van der Waals surface area (Å²) in [5.41, 5.74) is 0.277. The van der Waals surface area contributed by atoms with Gasteiger partial charge in [-0.1, -0.05) is 12.7 Å². The molecule has 0 radical (unpaired) electrons. The van der Waals surface area contributed by atoms with Crippen LogP contribution in [0.15, 0.2) is 29.9 Å². The normalized spacial score (nSPS) is 19.2. The van der Waals surface area contributed by atoms with Gasteiger partial charge >= 0.3 is 19.1 Å². The fraction of sp³-hybridized carbons (Fsp3) is 0.364. The largest absolute Gasteiger partial charge is 0.656 e. The Morgan fingerprint density at radius 2 is 1.94 bits per heavy atom. The topological polar surface area (TPSA) is 68.2 Å². The van der Waals surface area contributed by atoms with Gasteiger partial charge < -0.3 is 9.31 Å². The maximum atomic E-state index is 11.5. The Morgan fingerprint density at radius 3 is 2.39 bits per heavy atom. The molecule has 6 nitrogen and oxygen atoms in total. The molecule has 96 valence electrons. The van der Waals surface area contributed by atoms with Gasteiger partial charge in [0.15, 0.2) is 0 Å². The molecule has 0 unspecified atom stereocenters. The molecule has 0 spiro atoms. The van der Waals surface area contributed by atoms with Gasteiger partial charge in [0, 0.05) is 6.20 Å². The van der Waals surface area contributed by atoms with Crippen LogP contribution in [-0.4, -0.2) is 49.7 Å². The molecule has 0 aromatic heterocycles. The highest BCUT2D eigenvalue weighted by Crippen LogP contribution is 2.03. The highest BCUT2D eigenvalue weighted by Gasteiger charge is 2.35. The molecular weight excluding hydrogens is 235 g/mol. The first-order chi connectivity index (χ1) is 8.56. The first-order valence-electron chi connectivity index (χ1n) is 5.45. The Bertz CT molecular complexity index is 386. The number of carbonyl (C=O) groups is 2. The van der Waals surface area contributed by atoms with Crippen LogP contribution in [0.3, 0.4) is 0 Å². The summed E-state index contributed by atoms with van der Waals surface area (Å²) in [6, 6.07) is 0. The lowest BCUT2D eigenvalue weighted by Crippen LogP contribution is -2.45. The minimum Gasteiger partial charge on any atom is -0.493 e. The van der Waals surface area contributed by atoms with E-state index >= 15 is 0 Å². The lowest BCUT2D eigenvalue weighted by atomic mass is 9.81. The molecule has 0 aliphatic carbocycles. The summed E-state index contributed by atoms with van der Waals surface area (Å²) in [5, 5.41) is 0. The van der Waals surface area contributed by atoms with Crippen molar-refractivity contribution < 1.29 is 18.9 Å². The first-order valence-corrected chi connectivity index (χ1v) is 5.45. The number of rotatable bonds is 3. The molecule has 0 bridgehead atoms. The molecule has 0 atom stereocenters. The average Bonchev–Trinajstić information content (AvgIpc) is 2.27. The summed E-state index contributed by atoms with van der Waals surface area (Å²) in [4.78, 5) is 28.5.